The van der Waals surface area contributed by atoms with E-state index in [9.17, 15) is 4.79 Å². The van der Waals surface area contributed by atoms with Gasteiger partial charge in [-0.2, -0.15) is 4.98 Å². The number of carbonyl (C=O) groups is 1. The van der Waals surface area contributed by atoms with Crippen molar-refractivity contribution in [1.29, 1.82) is 0 Å². The minimum absolute atomic E-state index is 0.0598. The summed E-state index contributed by atoms with van der Waals surface area (Å²) in [6.07, 6.45) is 3.71. The first kappa shape index (κ1) is 12.7. The first-order chi connectivity index (χ1) is 9.83. The van der Waals surface area contributed by atoms with Gasteiger partial charge in [-0.3, -0.25) is 9.78 Å². The molecular formula is C13H15N5O2. The summed E-state index contributed by atoms with van der Waals surface area (Å²) >= 11 is 0. The van der Waals surface area contributed by atoms with Gasteiger partial charge < -0.3 is 15.2 Å². The Bertz CT molecular complexity index is 577. The molecule has 0 aromatic carbocycles. The quantitative estimate of drug-likeness (QED) is 0.856. The van der Waals surface area contributed by atoms with Gasteiger partial charge in [0, 0.05) is 6.20 Å². The van der Waals surface area contributed by atoms with E-state index in [1.54, 1.807) is 6.20 Å². The van der Waals surface area contributed by atoms with Crippen LogP contribution in [-0.4, -0.2) is 27.6 Å². The van der Waals surface area contributed by atoms with Crippen LogP contribution in [-0.2, 0) is 6.54 Å². The molecule has 1 unspecified atom stereocenters. The summed E-state index contributed by atoms with van der Waals surface area (Å²) in [4.78, 5) is 20.2. The lowest BCUT2D eigenvalue weighted by Crippen LogP contribution is -2.24. The van der Waals surface area contributed by atoms with Crippen molar-refractivity contribution in [2.24, 2.45) is 0 Å². The zero-order valence-electron chi connectivity index (χ0n) is 10.9. The molecule has 20 heavy (non-hydrogen) atoms. The van der Waals surface area contributed by atoms with Crippen LogP contribution in [0.3, 0.4) is 0 Å². The van der Waals surface area contributed by atoms with Gasteiger partial charge in [-0.1, -0.05) is 11.2 Å². The lowest BCUT2D eigenvalue weighted by molar-refractivity contribution is 0.0937. The summed E-state index contributed by atoms with van der Waals surface area (Å²) in [7, 11) is 0. The highest BCUT2D eigenvalue weighted by Gasteiger charge is 2.24. The summed E-state index contributed by atoms with van der Waals surface area (Å²) in [6.45, 7) is 1.28. The number of nitrogens with zero attached hydrogens (tertiary/aromatic N) is 3. The van der Waals surface area contributed by atoms with Crippen molar-refractivity contribution in [3.05, 3.63) is 41.8 Å². The smallest absolute Gasteiger partial charge is 0.293 e. The third kappa shape index (κ3) is 2.83. The van der Waals surface area contributed by atoms with E-state index in [0.29, 0.717) is 12.4 Å². The molecular weight excluding hydrogens is 258 g/mol. The highest BCUT2D eigenvalue weighted by Crippen LogP contribution is 2.20. The van der Waals surface area contributed by atoms with Crippen LogP contribution < -0.4 is 10.6 Å². The minimum Gasteiger partial charge on any atom is -0.344 e. The van der Waals surface area contributed by atoms with Crippen LogP contribution in [0.1, 0.15) is 41.1 Å². The topological polar surface area (TPSA) is 92.9 Å². The van der Waals surface area contributed by atoms with Crippen molar-refractivity contribution in [3.63, 3.8) is 0 Å². The van der Waals surface area contributed by atoms with E-state index in [2.05, 4.69) is 25.8 Å². The molecule has 3 heterocycles. The Kier molecular flexibility index (Phi) is 3.69. The van der Waals surface area contributed by atoms with Crippen LogP contribution in [0.5, 0.6) is 0 Å². The Balaban J connectivity index is 1.59. The Hall–Kier alpha value is -2.28. The Morgan fingerprint density at radius 1 is 1.50 bits per heavy atom. The number of aromatic nitrogens is 3. The molecule has 0 radical (unpaired) electrons. The number of nitrogens with one attached hydrogen (secondary N) is 2. The molecule has 1 fully saturated rings. The second-order valence-electron chi connectivity index (χ2n) is 4.61. The molecule has 2 aromatic rings. The van der Waals surface area contributed by atoms with Gasteiger partial charge in [-0.05, 0) is 31.5 Å². The SMILES string of the molecule is O=C(NCc1ccccn1)c1noc(C2CCCN2)n1. The highest BCUT2D eigenvalue weighted by atomic mass is 16.5. The van der Waals surface area contributed by atoms with E-state index >= 15 is 0 Å². The average Bonchev–Trinajstić information content (AvgIpc) is 3.16. The molecule has 0 bridgehead atoms. The maximum Gasteiger partial charge on any atom is 0.293 e. The van der Waals surface area contributed by atoms with Gasteiger partial charge in [-0.25, -0.2) is 0 Å². The van der Waals surface area contributed by atoms with E-state index in [0.717, 1.165) is 25.1 Å². The highest BCUT2D eigenvalue weighted by molar-refractivity contribution is 5.90. The van der Waals surface area contributed by atoms with E-state index in [-0.39, 0.29) is 17.8 Å². The lowest BCUT2D eigenvalue weighted by atomic mass is 10.2. The van der Waals surface area contributed by atoms with Gasteiger partial charge in [0.25, 0.3) is 11.7 Å². The molecule has 7 nitrogen and oxygen atoms in total. The number of hydrogen-bond donors (Lipinski definition) is 2. The number of pyridine rings is 1. The molecule has 0 spiro atoms. The van der Waals surface area contributed by atoms with Crippen molar-refractivity contribution < 1.29 is 9.32 Å². The average molecular weight is 273 g/mol. The standard InChI is InChI=1S/C13H15N5O2/c19-12(16-8-9-4-1-2-6-14-9)11-17-13(20-18-11)10-5-3-7-15-10/h1-2,4,6,10,15H,3,5,7-8H2,(H,16,19). The normalized spacial score (nSPS) is 18.1. The van der Waals surface area contributed by atoms with Crippen LogP contribution >= 0.6 is 0 Å². The van der Waals surface area contributed by atoms with E-state index in [1.165, 1.54) is 0 Å². The van der Waals surface area contributed by atoms with Crippen LogP contribution in [0.15, 0.2) is 28.9 Å². The molecule has 1 aliphatic heterocycles. The van der Waals surface area contributed by atoms with Crippen molar-refractivity contribution in [2.45, 2.75) is 25.4 Å². The Morgan fingerprint density at radius 2 is 2.45 bits per heavy atom. The van der Waals surface area contributed by atoms with Crippen LogP contribution in [0.4, 0.5) is 0 Å². The predicted octanol–water partition coefficient (Wildman–Crippen LogP) is 0.819. The maximum atomic E-state index is 11.9. The second kappa shape index (κ2) is 5.79. The van der Waals surface area contributed by atoms with E-state index in [4.69, 9.17) is 4.52 Å². The molecule has 1 atom stereocenters. The molecule has 0 aliphatic carbocycles. The fourth-order valence-electron chi connectivity index (χ4n) is 2.12. The fraction of sp³-hybridized carbons (Fsp3) is 0.385. The zero-order valence-corrected chi connectivity index (χ0v) is 10.9. The van der Waals surface area contributed by atoms with Crippen molar-refractivity contribution >= 4 is 5.91 Å². The van der Waals surface area contributed by atoms with Gasteiger partial charge in [0.2, 0.25) is 5.89 Å². The van der Waals surface area contributed by atoms with E-state index < -0.39 is 0 Å². The first-order valence-electron chi connectivity index (χ1n) is 6.58. The fourth-order valence-corrected chi connectivity index (χ4v) is 2.12. The predicted molar refractivity (Wildman–Crippen MR) is 69.7 cm³/mol. The Morgan fingerprint density at radius 3 is 3.20 bits per heavy atom. The number of rotatable bonds is 4. The van der Waals surface area contributed by atoms with Gasteiger partial charge >= 0.3 is 0 Å². The van der Waals surface area contributed by atoms with Crippen molar-refractivity contribution in [1.82, 2.24) is 25.8 Å². The number of carbonyl (C=O) groups excluding carboxylic acids is 1. The summed E-state index contributed by atoms with van der Waals surface area (Å²) in [5.41, 5.74) is 0.780. The van der Waals surface area contributed by atoms with Crippen molar-refractivity contribution in [3.8, 4) is 0 Å². The first-order valence-corrected chi connectivity index (χ1v) is 6.58. The van der Waals surface area contributed by atoms with Crippen molar-refractivity contribution in [2.75, 3.05) is 6.54 Å². The molecule has 3 rings (SSSR count). The second-order valence-corrected chi connectivity index (χ2v) is 4.61. The molecule has 2 aromatic heterocycles. The molecule has 2 N–H and O–H groups in total. The monoisotopic (exact) mass is 273 g/mol. The molecule has 7 heteroatoms. The summed E-state index contributed by atoms with van der Waals surface area (Å²) in [6, 6.07) is 5.60. The summed E-state index contributed by atoms with van der Waals surface area (Å²) in [5.74, 6) is 0.179. The zero-order chi connectivity index (χ0) is 13.8. The van der Waals surface area contributed by atoms with Gasteiger partial charge in [-0.15, -0.1) is 0 Å². The van der Waals surface area contributed by atoms with E-state index in [1.807, 2.05) is 18.2 Å². The summed E-state index contributed by atoms with van der Waals surface area (Å²) < 4.78 is 5.12. The third-order valence-electron chi connectivity index (χ3n) is 3.16. The number of amides is 1. The lowest BCUT2D eigenvalue weighted by Gasteiger charge is -2.02. The molecule has 0 saturated carbocycles. The molecule has 1 aliphatic rings. The van der Waals surface area contributed by atoms with Crippen LogP contribution in [0.2, 0.25) is 0 Å². The van der Waals surface area contributed by atoms with Gasteiger partial charge in [0.15, 0.2) is 0 Å². The third-order valence-corrected chi connectivity index (χ3v) is 3.16. The molecule has 1 amide bonds. The molecule has 104 valence electrons. The summed E-state index contributed by atoms with van der Waals surface area (Å²) in [5, 5.41) is 9.67. The maximum absolute atomic E-state index is 11.9. The van der Waals surface area contributed by atoms with Gasteiger partial charge in [0.1, 0.15) is 0 Å². The van der Waals surface area contributed by atoms with Gasteiger partial charge in [0.05, 0.1) is 18.3 Å². The number of hydrogen-bond acceptors (Lipinski definition) is 6. The largest absolute Gasteiger partial charge is 0.344 e. The minimum atomic E-state index is -0.358. The Labute approximate surface area is 115 Å². The molecule has 1 saturated heterocycles. The van der Waals surface area contributed by atoms with Crippen LogP contribution in [0.25, 0.3) is 0 Å². The van der Waals surface area contributed by atoms with Crippen LogP contribution in [0, 0.1) is 0 Å².